The molecule has 3 atom stereocenters. The van der Waals surface area contributed by atoms with Crippen molar-refractivity contribution in [1.82, 2.24) is 19.4 Å². The number of hydrogen-bond donors (Lipinski definition) is 2. The number of carbonyl (C=O) groups excluding carboxylic acids is 1. The molecule has 0 bridgehead atoms. The van der Waals surface area contributed by atoms with Crippen LogP contribution in [0.1, 0.15) is 38.8 Å². The van der Waals surface area contributed by atoms with Gasteiger partial charge in [0.25, 0.3) is 5.56 Å². The second kappa shape index (κ2) is 11.2. The number of aliphatic hydroxyl groups excluding tert-OH is 1. The summed E-state index contributed by atoms with van der Waals surface area (Å²) in [6.07, 6.45) is 0.583. The third kappa shape index (κ3) is 6.17. The predicted molar refractivity (Wildman–Crippen MR) is 135 cm³/mol. The average Bonchev–Trinajstić information content (AvgIpc) is 3.13. The van der Waals surface area contributed by atoms with E-state index < -0.39 is 18.1 Å². The molecule has 9 nitrogen and oxygen atoms in total. The lowest BCUT2D eigenvalue weighted by Crippen LogP contribution is -2.46. The zero-order valence-electron chi connectivity index (χ0n) is 21.5. The molecule has 2 aromatic heterocycles. The van der Waals surface area contributed by atoms with Gasteiger partial charge in [-0.1, -0.05) is 6.07 Å². The van der Waals surface area contributed by atoms with Crippen LogP contribution in [0.2, 0.25) is 0 Å². The first kappa shape index (κ1) is 26.6. The summed E-state index contributed by atoms with van der Waals surface area (Å²) in [4.78, 5) is 29.5. The molecule has 2 N–H and O–H groups in total. The zero-order chi connectivity index (χ0) is 25.9. The van der Waals surface area contributed by atoms with E-state index in [4.69, 9.17) is 14.5 Å². The van der Waals surface area contributed by atoms with E-state index in [1.807, 2.05) is 31.2 Å². The van der Waals surface area contributed by atoms with Gasteiger partial charge in [0.05, 0.1) is 35.9 Å². The van der Waals surface area contributed by atoms with Crippen LogP contribution in [0.5, 0.6) is 0 Å². The second-order valence-corrected chi connectivity index (χ2v) is 9.33. The van der Waals surface area contributed by atoms with Crippen LogP contribution in [0.25, 0.3) is 22.4 Å². The minimum atomic E-state index is -0.903. The molecule has 0 aliphatic carbocycles. The van der Waals surface area contributed by atoms with Crippen LogP contribution in [-0.2, 0) is 34.4 Å². The highest BCUT2D eigenvalue weighted by Crippen LogP contribution is 2.26. The highest BCUT2D eigenvalue weighted by atomic mass is 16.5. The molecule has 0 radical (unpaired) electrons. The third-order valence-corrected chi connectivity index (χ3v) is 5.89. The maximum Gasteiger partial charge on any atom is 0.326 e. The number of ether oxygens (including phenoxy) is 2. The fourth-order valence-electron chi connectivity index (χ4n) is 4.01. The Morgan fingerprint density at radius 3 is 2.51 bits per heavy atom. The number of nitrogens with zero attached hydrogens (tertiary/aromatic N) is 3. The highest BCUT2D eigenvalue weighted by Gasteiger charge is 2.25. The number of nitrogens with one attached hydrogen (secondary N) is 1. The molecule has 190 valence electrons. The van der Waals surface area contributed by atoms with Crippen LogP contribution in [0, 0.1) is 6.92 Å². The number of imidazole rings is 1. The number of fused-ring (bicyclic) bond motifs is 1. The molecule has 0 aliphatic rings. The predicted octanol–water partition coefficient (Wildman–Crippen LogP) is 2.54. The quantitative estimate of drug-likeness (QED) is 0.426. The Hall–Kier alpha value is -3.01. The summed E-state index contributed by atoms with van der Waals surface area (Å²) in [5, 5.41) is 13.2. The summed E-state index contributed by atoms with van der Waals surface area (Å²) >= 11 is 0. The van der Waals surface area contributed by atoms with Crippen molar-refractivity contribution in [2.75, 3.05) is 7.11 Å². The summed E-state index contributed by atoms with van der Waals surface area (Å²) < 4.78 is 14.4. The van der Waals surface area contributed by atoms with E-state index in [0.717, 1.165) is 28.0 Å². The number of rotatable bonds is 10. The maximum absolute atomic E-state index is 12.3. The van der Waals surface area contributed by atoms with Crippen molar-refractivity contribution < 1.29 is 19.4 Å². The van der Waals surface area contributed by atoms with E-state index in [1.165, 1.54) is 0 Å². The van der Waals surface area contributed by atoms with Crippen LogP contribution in [0.4, 0.5) is 0 Å². The fourth-order valence-corrected chi connectivity index (χ4v) is 4.01. The number of aliphatic hydroxyl groups is 1. The standard InChI is InChI=1S/C26H36N4O5/c1-15(2)35-26(33)23(18(5)31)27-12-19-8-9-22-21(11-19)28-24(30(22)13-17(4)34-7)20-10-16(3)25(32)29(6)14-20/h8-11,14-15,17-18,23,27,31H,12-13H2,1-7H3/t17-,18-,23+/m1/s1. The Balaban J connectivity index is 1.98. The molecule has 0 saturated carbocycles. The fraction of sp³-hybridized carbons (Fsp3) is 0.500. The molecule has 9 heteroatoms. The van der Waals surface area contributed by atoms with E-state index in [2.05, 4.69) is 9.88 Å². The van der Waals surface area contributed by atoms with Crippen LogP contribution in [-0.4, -0.2) is 56.7 Å². The van der Waals surface area contributed by atoms with Crippen molar-refractivity contribution in [3.05, 3.63) is 51.9 Å². The maximum atomic E-state index is 12.3. The van der Waals surface area contributed by atoms with Crippen molar-refractivity contribution in [1.29, 1.82) is 0 Å². The van der Waals surface area contributed by atoms with Gasteiger partial charge in [0.1, 0.15) is 11.9 Å². The van der Waals surface area contributed by atoms with E-state index in [9.17, 15) is 14.7 Å². The molecule has 0 aliphatic heterocycles. The van der Waals surface area contributed by atoms with Gasteiger partial charge in [-0.25, -0.2) is 4.98 Å². The van der Waals surface area contributed by atoms with E-state index >= 15 is 0 Å². The van der Waals surface area contributed by atoms with Gasteiger partial charge in [-0.2, -0.15) is 0 Å². The molecule has 0 saturated heterocycles. The van der Waals surface area contributed by atoms with Gasteiger partial charge in [0, 0.05) is 38.0 Å². The second-order valence-electron chi connectivity index (χ2n) is 9.33. The van der Waals surface area contributed by atoms with Gasteiger partial charge in [-0.3, -0.25) is 14.9 Å². The molecule has 0 spiro atoms. The van der Waals surface area contributed by atoms with E-state index in [-0.39, 0.29) is 17.8 Å². The summed E-state index contributed by atoms with van der Waals surface area (Å²) in [5.74, 6) is 0.260. The Kier molecular flexibility index (Phi) is 8.47. The number of carbonyl (C=O) groups is 1. The molecule has 35 heavy (non-hydrogen) atoms. The van der Waals surface area contributed by atoms with Crippen LogP contribution >= 0.6 is 0 Å². The molecule has 0 fully saturated rings. The van der Waals surface area contributed by atoms with Gasteiger partial charge in [-0.05, 0) is 58.4 Å². The molecule has 3 aromatic rings. The van der Waals surface area contributed by atoms with Gasteiger partial charge in [0.15, 0.2) is 0 Å². The first-order chi connectivity index (χ1) is 16.5. The van der Waals surface area contributed by atoms with Gasteiger partial charge in [0.2, 0.25) is 0 Å². The molecule has 0 amide bonds. The lowest BCUT2D eigenvalue weighted by molar-refractivity contribution is -0.152. The van der Waals surface area contributed by atoms with Gasteiger partial charge < -0.3 is 23.7 Å². The minimum absolute atomic E-state index is 0.0418. The minimum Gasteiger partial charge on any atom is -0.462 e. The van der Waals surface area contributed by atoms with E-state index in [0.29, 0.717) is 18.7 Å². The Morgan fingerprint density at radius 2 is 1.91 bits per heavy atom. The average molecular weight is 485 g/mol. The number of esters is 1. The van der Waals surface area contributed by atoms with Crippen molar-refractivity contribution >= 4 is 17.0 Å². The van der Waals surface area contributed by atoms with E-state index in [1.54, 1.807) is 52.6 Å². The van der Waals surface area contributed by atoms with Crippen molar-refractivity contribution in [3.8, 4) is 11.4 Å². The molecular weight excluding hydrogens is 448 g/mol. The van der Waals surface area contributed by atoms with Crippen LogP contribution in [0.3, 0.4) is 0 Å². The smallest absolute Gasteiger partial charge is 0.326 e. The number of aryl methyl sites for hydroxylation is 2. The van der Waals surface area contributed by atoms with Gasteiger partial charge >= 0.3 is 5.97 Å². The largest absolute Gasteiger partial charge is 0.462 e. The summed E-state index contributed by atoms with van der Waals surface area (Å²) in [7, 11) is 3.41. The van der Waals surface area contributed by atoms with Crippen LogP contribution < -0.4 is 10.9 Å². The SMILES string of the molecule is CO[C@H](C)Cn1c(-c2cc(C)c(=O)n(C)c2)nc2cc(CN[C@H](C(=O)OC(C)C)[C@@H](C)O)ccc21. The van der Waals surface area contributed by atoms with Crippen molar-refractivity contribution in [2.45, 2.75) is 72.1 Å². The monoisotopic (exact) mass is 484 g/mol. The summed E-state index contributed by atoms with van der Waals surface area (Å²) in [6.45, 7) is 9.84. The van der Waals surface area contributed by atoms with Crippen molar-refractivity contribution in [3.63, 3.8) is 0 Å². The summed E-state index contributed by atoms with van der Waals surface area (Å²) in [6, 6.07) is 6.93. The normalized spacial score (nSPS) is 14.3. The Labute approximate surface area is 205 Å². The number of pyridine rings is 1. The lowest BCUT2D eigenvalue weighted by atomic mass is 10.1. The Morgan fingerprint density at radius 1 is 1.20 bits per heavy atom. The van der Waals surface area contributed by atoms with Crippen molar-refractivity contribution in [2.24, 2.45) is 7.05 Å². The molecule has 0 unspecified atom stereocenters. The van der Waals surface area contributed by atoms with Crippen LogP contribution in [0.15, 0.2) is 35.3 Å². The lowest BCUT2D eigenvalue weighted by Gasteiger charge is -2.21. The Bertz CT molecular complexity index is 1220. The number of methoxy groups -OCH3 is 1. The summed E-state index contributed by atoms with van der Waals surface area (Å²) in [5.41, 5.74) is 4.07. The topological polar surface area (TPSA) is 108 Å². The number of aromatic nitrogens is 3. The molecule has 1 aromatic carbocycles. The number of hydrogen-bond acceptors (Lipinski definition) is 7. The first-order valence-electron chi connectivity index (χ1n) is 11.8. The first-order valence-corrected chi connectivity index (χ1v) is 11.8. The molecule has 2 heterocycles. The van der Waals surface area contributed by atoms with Gasteiger partial charge in [-0.15, -0.1) is 0 Å². The zero-order valence-corrected chi connectivity index (χ0v) is 21.5. The third-order valence-electron chi connectivity index (χ3n) is 5.89. The highest BCUT2D eigenvalue weighted by molar-refractivity contribution is 5.81. The molecule has 3 rings (SSSR count). The number of benzene rings is 1. The molecular formula is C26H36N4O5.